The molecule has 0 aliphatic rings. The fraction of sp³-hybridized carbons (Fsp3) is 0.286. The fourth-order valence-electron chi connectivity index (χ4n) is 1.79. The Kier molecular flexibility index (Phi) is 4.39. The van der Waals surface area contributed by atoms with Gasteiger partial charge in [-0.05, 0) is 12.1 Å². The Hall–Kier alpha value is -1.78. The maximum absolute atomic E-state index is 5.69. The first-order valence-electron chi connectivity index (χ1n) is 5.84. The number of hydrogen-bond donors (Lipinski definition) is 1. The SMILES string of the molecule is COCCOc1ccccc1-c1ccoc1CN. The number of methoxy groups -OCH3 is 1. The standard InChI is InChI=1S/C14H17NO3/c1-16-8-9-18-13-5-3-2-4-11(13)12-6-7-17-14(12)10-15/h2-7H,8-10,15H2,1H3. The Labute approximate surface area is 106 Å². The molecule has 0 saturated heterocycles. The predicted molar refractivity (Wildman–Crippen MR) is 69.4 cm³/mol. The van der Waals surface area contributed by atoms with E-state index in [4.69, 9.17) is 19.6 Å². The highest BCUT2D eigenvalue weighted by Crippen LogP contribution is 2.32. The quantitative estimate of drug-likeness (QED) is 0.796. The minimum absolute atomic E-state index is 0.370. The van der Waals surface area contributed by atoms with Gasteiger partial charge in [0.1, 0.15) is 18.1 Å². The number of rotatable bonds is 6. The monoisotopic (exact) mass is 247 g/mol. The van der Waals surface area contributed by atoms with Crippen LogP contribution >= 0.6 is 0 Å². The molecule has 0 atom stereocenters. The summed E-state index contributed by atoms with van der Waals surface area (Å²) >= 11 is 0. The Morgan fingerprint density at radius 2 is 1.94 bits per heavy atom. The highest BCUT2D eigenvalue weighted by atomic mass is 16.5. The molecule has 96 valence electrons. The summed E-state index contributed by atoms with van der Waals surface area (Å²) in [4.78, 5) is 0. The van der Waals surface area contributed by atoms with Gasteiger partial charge in [0.15, 0.2) is 0 Å². The van der Waals surface area contributed by atoms with Gasteiger partial charge >= 0.3 is 0 Å². The first kappa shape index (κ1) is 12.7. The maximum atomic E-state index is 5.69. The zero-order valence-electron chi connectivity index (χ0n) is 10.4. The summed E-state index contributed by atoms with van der Waals surface area (Å²) in [6.07, 6.45) is 1.64. The maximum Gasteiger partial charge on any atom is 0.127 e. The van der Waals surface area contributed by atoms with Gasteiger partial charge in [0.25, 0.3) is 0 Å². The average molecular weight is 247 g/mol. The van der Waals surface area contributed by atoms with Gasteiger partial charge in [-0.2, -0.15) is 0 Å². The molecule has 2 N–H and O–H groups in total. The van der Waals surface area contributed by atoms with E-state index < -0.39 is 0 Å². The minimum atomic E-state index is 0.370. The molecule has 0 bridgehead atoms. The first-order valence-corrected chi connectivity index (χ1v) is 5.84. The van der Waals surface area contributed by atoms with Crippen LogP contribution in [0.3, 0.4) is 0 Å². The lowest BCUT2D eigenvalue weighted by molar-refractivity contribution is 0.146. The summed E-state index contributed by atoms with van der Waals surface area (Å²) in [5.41, 5.74) is 7.62. The molecule has 0 aliphatic carbocycles. The third kappa shape index (κ3) is 2.72. The Balaban J connectivity index is 2.27. The largest absolute Gasteiger partial charge is 0.491 e. The number of furan rings is 1. The summed E-state index contributed by atoms with van der Waals surface area (Å²) in [6, 6.07) is 9.73. The molecule has 0 unspecified atom stereocenters. The van der Waals surface area contributed by atoms with Gasteiger partial charge in [0.2, 0.25) is 0 Å². The van der Waals surface area contributed by atoms with Crippen LogP contribution in [0.5, 0.6) is 5.75 Å². The van der Waals surface area contributed by atoms with Crippen molar-refractivity contribution in [3.63, 3.8) is 0 Å². The van der Waals surface area contributed by atoms with Crippen LogP contribution in [-0.2, 0) is 11.3 Å². The van der Waals surface area contributed by atoms with Crippen molar-refractivity contribution in [2.24, 2.45) is 5.73 Å². The molecule has 0 radical (unpaired) electrons. The van der Waals surface area contributed by atoms with Crippen molar-refractivity contribution in [1.29, 1.82) is 0 Å². The normalized spacial score (nSPS) is 10.6. The van der Waals surface area contributed by atoms with Gasteiger partial charge in [0.05, 0.1) is 19.4 Å². The molecular weight excluding hydrogens is 230 g/mol. The number of ether oxygens (including phenoxy) is 2. The van der Waals surface area contributed by atoms with Crippen LogP contribution < -0.4 is 10.5 Å². The van der Waals surface area contributed by atoms with Gasteiger partial charge in [-0.15, -0.1) is 0 Å². The second-order valence-corrected chi connectivity index (χ2v) is 3.80. The lowest BCUT2D eigenvalue weighted by Crippen LogP contribution is -2.05. The van der Waals surface area contributed by atoms with Crippen LogP contribution in [0, 0.1) is 0 Å². The number of para-hydroxylation sites is 1. The van der Waals surface area contributed by atoms with Crippen LogP contribution in [0.1, 0.15) is 5.76 Å². The van der Waals surface area contributed by atoms with Crippen LogP contribution in [0.25, 0.3) is 11.1 Å². The smallest absolute Gasteiger partial charge is 0.127 e. The lowest BCUT2D eigenvalue weighted by atomic mass is 10.1. The third-order valence-corrected chi connectivity index (χ3v) is 2.65. The van der Waals surface area contributed by atoms with Gasteiger partial charge in [-0.3, -0.25) is 0 Å². The second kappa shape index (κ2) is 6.23. The van der Waals surface area contributed by atoms with E-state index in [9.17, 15) is 0 Å². The van der Waals surface area contributed by atoms with E-state index in [1.54, 1.807) is 13.4 Å². The molecular formula is C14H17NO3. The summed E-state index contributed by atoms with van der Waals surface area (Å²) in [6.45, 7) is 1.45. The number of hydrogen-bond acceptors (Lipinski definition) is 4. The van der Waals surface area contributed by atoms with E-state index in [0.717, 1.165) is 22.6 Å². The average Bonchev–Trinajstić information content (AvgIpc) is 2.88. The van der Waals surface area contributed by atoms with Gasteiger partial charge < -0.3 is 19.6 Å². The minimum Gasteiger partial charge on any atom is -0.491 e. The van der Waals surface area contributed by atoms with Crippen molar-refractivity contribution in [2.45, 2.75) is 6.54 Å². The van der Waals surface area contributed by atoms with Gasteiger partial charge in [0, 0.05) is 18.2 Å². The molecule has 2 rings (SSSR count). The molecule has 2 aromatic rings. The van der Waals surface area contributed by atoms with Crippen LogP contribution in [0.2, 0.25) is 0 Å². The second-order valence-electron chi connectivity index (χ2n) is 3.80. The fourth-order valence-corrected chi connectivity index (χ4v) is 1.79. The molecule has 0 spiro atoms. The molecule has 1 aromatic heterocycles. The van der Waals surface area contributed by atoms with E-state index in [-0.39, 0.29) is 0 Å². The van der Waals surface area contributed by atoms with Crippen molar-refractivity contribution in [2.75, 3.05) is 20.3 Å². The Bertz CT molecular complexity index is 493. The molecule has 4 nitrogen and oxygen atoms in total. The summed E-state index contributed by atoms with van der Waals surface area (Å²) in [5.74, 6) is 1.57. The highest BCUT2D eigenvalue weighted by molar-refractivity contribution is 5.71. The third-order valence-electron chi connectivity index (χ3n) is 2.65. The molecule has 1 heterocycles. The summed E-state index contributed by atoms with van der Waals surface area (Å²) in [7, 11) is 1.65. The van der Waals surface area contributed by atoms with Gasteiger partial charge in [-0.25, -0.2) is 0 Å². The number of nitrogens with two attached hydrogens (primary N) is 1. The van der Waals surface area contributed by atoms with Crippen molar-refractivity contribution in [1.82, 2.24) is 0 Å². The molecule has 0 fully saturated rings. The van der Waals surface area contributed by atoms with E-state index in [1.165, 1.54) is 0 Å². The van der Waals surface area contributed by atoms with Crippen LogP contribution in [0.15, 0.2) is 41.0 Å². The summed E-state index contributed by atoms with van der Waals surface area (Å²) < 4.78 is 16.0. The van der Waals surface area contributed by atoms with Gasteiger partial charge in [-0.1, -0.05) is 18.2 Å². The Morgan fingerprint density at radius 3 is 2.72 bits per heavy atom. The highest BCUT2D eigenvalue weighted by Gasteiger charge is 2.11. The molecule has 18 heavy (non-hydrogen) atoms. The topological polar surface area (TPSA) is 57.6 Å². The predicted octanol–water partition coefficient (Wildman–Crippen LogP) is 2.43. The van der Waals surface area contributed by atoms with Crippen molar-refractivity contribution in [3.8, 4) is 16.9 Å². The molecule has 1 aromatic carbocycles. The van der Waals surface area contributed by atoms with Crippen LogP contribution in [0.4, 0.5) is 0 Å². The first-order chi connectivity index (χ1) is 8.86. The van der Waals surface area contributed by atoms with Crippen LogP contribution in [-0.4, -0.2) is 20.3 Å². The molecule has 0 aliphatic heterocycles. The van der Waals surface area contributed by atoms with E-state index in [0.29, 0.717) is 19.8 Å². The van der Waals surface area contributed by atoms with E-state index in [1.807, 2.05) is 30.3 Å². The van der Waals surface area contributed by atoms with Crippen molar-refractivity contribution >= 4 is 0 Å². The lowest BCUT2D eigenvalue weighted by Gasteiger charge is -2.10. The summed E-state index contributed by atoms with van der Waals surface area (Å²) in [5, 5.41) is 0. The molecule has 4 heteroatoms. The Morgan fingerprint density at radius 1 is 1.11 bits per heavy atom. The van der Waals surface area contributed by atoms with E-state index in [2.05, 4.69) is 0 Å². The molecule has 0 amide bonds. The molecule has 0 saturated carbocycles. The number of benzene rings is 1. The van der Waals surface area contributed by atoms with Crippen molar-refractivity contribution < 1.29 is 13.9 Å². The zero-order valence-corrected chi connectivity index (χ0v) is 10.4. The zero-order chi connectivity index (χ0) is 12.8. The van der Waals surface area contributed by atoms with E-state index >= 15 is 0 Å². The van der Waals surface area contributed by atoms with Crippen molar-refractivity contribution in [3.05, 3.63) is 42.4 Å².